The van der Waals surface area contributed by atoms with Crippen molar-refractivity contribution in [2.45, 2.75) is 45.2 Å². The Morgan fingerprint density at radius 3 is 2.86 bits per heavy atom. The van der Waals surface area contributed by atoms with E-state index < -0.39 is 6.04 Å². The predicted octanol–water partition coefficient (Wildman–Crippen LogP) is 2.81. The van der Waals surface area contributed by atoms with Gasteiger partial charge >= 0.3 is 0 Å². The van der Waals surface area contributed by atoms with Crippen LogP contribution in [-0.2, 0) is 4.79 Å². The van der Waals surface area contributed by atoms with Gasteiger partial charge in [-0.3, -0.25) is 4.79 Å². The number of carbonyl (C=O) groups is 1. The van der Waals surface area contributed by atoms with E-state index >= 15 is 0 Å². The van der Waals surface area contributed by atoms with Crippen LogP contribution in [-0.4, -0.2) is 18.6 Å². The quantitative estimate of drug-likeness (QED) is 0.898. The van der Waals surface area contributed by atoms with Crippen molar-refractivity contribution >= 4 is 18.3 Å². The van der Waals surface area contributed by atoms with E-state index in [4.69, 9.17) is 10.5 Å². The van der Waals surface area contributed by atoms with E-state index in [1.54, 1.807) is 0 Å². The number of carbonyl (C=O) groups excluding carboxylic acids is 1. The summed E-state index contributed by atoms with van der Waals surface area (Å²) in [6.45, 7) is 4.84. The SMILES string of the molecule is CC(C)C[C@H](N)C(=O)NC1CCCOc2ccccc21.Cl. The van der Waals surface area contributed by atoms with Gasteiger partial charge in [0.05, 0.1) is 18.7 Å². The summed E-state index contributed by atoms with van der Waals surface area (Å²) in [5, 5.41) is 3.08. The standard InChI is InChI=1S/C16H24N2O2.ClH/c1-11(2)10-13(17)16(19)18-14-7-5-9-20-15-8-4-3-6-12(14)15;/h3-4,6,8,11,13-14H,5,7,9-10,17H2,1-2H3,(H,18,19);1H/t13-,14?;/m0./s1. The van der Waals surface area contributed by atoms with Gasteiger partial charge in [-0.2, -0.15) is 0 Å². The summed E-state index contributed by atoms with van der Waals surface area (Å²) >= 11 is 0. The lowest BCUT2D eigenvalue weighted by molar-refractivity contribution is -0.123. The Labute approximate surface area is 132 Å². The Morgan fingerprint density at radius 2 is 2.14 bits per heavy atom. The fraction of sp³-hybridized carbons (Fsp3) is 0.562. The normalized spacial score (nSPS) is 18.8. The van der Waals surface area contributed by atoms with Crippen molar-refractivity contribution in [1.29, 1.82) is 0 Å². The second kappa shape index (κ2) is 8.25. The van der Waals surface area contributed by atoms with Crippen molar-refractivity contribution in [3.05, 3.63) is 29.8 Å². The van der Waals surface area contributed by atoms with Crippen LogP contribution in [0.4, 0.5) is 0 Å². The number of benzene rings is 1. The zero-order chi connectivity index (χ0) is 14.5. The Kier molecular flexibility index (Phi) is 6.99. The molecule has 0 saturated carbocycles. The van der Waals surface area contributed by atoms with E-state index in [-0.39, 0.29) is 24.4 Å². The van der Waals surface area contributed by atoms with Crippen LogP contribution in [0.3, 0.4) is 0 Å². The van der Waals surface area contributed by atoms with Crippen LogP contribution in [0.2, 0.25) is 0 Å². The lowest BCUT2D eigenvalue weighted by Gasteiger charge is -2.21. The lowest BCUT2D eigenvalue weighted by atomic mass is 10.00. The molecule has 0 aliphatic carbocycles. The topological polar surface area (TPSA) is 64.4 Å². The number of nitrogens with one attached hydrogen (secondary N) is 1. The Bertz CT molecular complexity index is 465. The van der Waals surface area contributed by atoms with E-state index in [9.17, 15) is 4.79 Å². The summed E-state index contributed by atoms with van der Waals surface area (Å²) in [6, 6.07) is 7.45. The van der Waals surface area contributed by atoms with Crippen LogP contribution < -0.4 is 15.8 Å². The van der Waals surface area contributed by atoms with Gasteiger partial charge in [0.25, 0.3) is 0 Å². The van der Waals surface area contributed by atoms with Crippen molar-refractivity contribution in [3.8, 4) is 5.75 Å². The number of hydrogen-bond donors (Lipinski definition) is 2. The molecule has 118 valence electrons. The monoisotopic (exact) mass is 312 g/mol. The number of hydrogen-bond acceptors (Lipinski definition) is 3. The van der Waals surface area contributed by atoms with Crippen LogP contribution in [0.25, 0.3) is 0 Å². The molecule has 0 fully saturated rings. The van der Waals surface area contributed by atoms with Crippen molar-refractivity contribution in [1.82, 2.24) is 5.32 Å². The highest BCUT2D eigenvalue weighted by Crippen LogP contribution is 2.31. The third-order valence-electron chi connectivity index (χ3n) is 3.57. The van der Waals surface area contributed by atoms with Gasteiger partial charge in [-0.15, -0.1) is 12.4 Å². The van der Waals surface area contributed by atoms with Crippen LogP contribution in [0, 0.1) is 5.92 Å². The minimum Gasteiger partial charge on any atom is -0.493 e. The number of halogens is 1. The molecule has 1 heterocycles. The molecule has 1 unspecified atom stereocenters. The Morgan fingerprint density at radius 1 is 1.43 bits per heavy atom. The predicted molar refractivity (Wildman–Crippen MR) is 86.7 cm³/mol. The zero-order valence-corrected chi connectivity index (χ0v) is 13.5. The van der Waals surface area contributed by atoms with Crippen LogP contribution in [0.15, 0.2) is 24.3 Å². The third kappa shape index (κ3) is 4.90. The fourth-order valence-electron chi connectivity index (χ4n) is 2.57. The fourth-order valence-corrected chi connectivity index (χ4v) is 2.57. The molecule has 21 heavy (non-hydrogen) atoms. The molecule has 0 aromatic heterocycles. The van der Waals surface area contributed by atoms with Gasteiger partial charge in [-0.25, -0.2) is 0 Å². The molecule has 0 saturated heterocycles. The summed E-state index contributed by atoms with van der Waals surface area (Å²) in [6.07, 6.45) is 2.52. The molecule has 4 nitrogen and oxygen atoms in total. The van der Waals surface area contributed by atoms with E-state index in [0.29, 0.717) is 18.9 Å². The zero-order valence-electron chi connectivity index (χ0n) is 12.7. The van der Waals surface area contributed by atoms with Gasteiger partial charge in [0.1, 0.15) is 5.75 Å². The minimum atomic E-state index is -0.439. The van der Waals surface area contributed by atoms with Gasteiger partial charge < -0.3 is 15.8 Å². The van der Waals surface area contributed by atoms with E-state index in [1.165, 1.54) is 0 Å². The first-order chi connectivity index (χ1) is 9.58. The Hall–Kier alpha value is -1.26. The van der Waals surface area contributed by atoms with Gasteiger partial charge in [0.2, 0.25) is 5.91 Å². The highest BCUT2D eigenvalue weighted by Gasteiger charge is 2.23. The molecule has 1 aromatic carbocycles. The highest BCUT2D eigenvalue weighted by molar-refractivity contribution is 5.85. The number of fused-ring (bicyclic) bond motifs is 1. The maximum atomic E-state index is 12.2. The van der Waals surface area contributed by atoms with Crippen molar-refractivity contribution < 1.29 is 9.53 Å². The van der Waals surface area contributed by atoms with Gasteiger partial charge in [0.15, 0.2) is 0 Å². The molecule has 1 aliphatic rings. The van der Waals surface area contributed by atoms with Gasteiger partial charge in [-0.05, 0) is 31.2 Å². The molecule has 0 radical (unpaired) electrons. The van der Waals surface area contributed by atoms with E-state index in [1.807, 2.05) is 24.3 Å². The minimum absolute atomic E-state index is 0. The number of para-hydroxylation sites is 1. The molecular weight excluding hydrogens is 288 g/mol. The third-order valence-corrected chi connectivity index (χ3v) is 3.57. The lowest BCUT2D eigenvalue weighted by Crippen LogP contribution is -2.42. The molecule has 1 aromatic rings. The summed E-state index contributed by atoms with van der Waals surface area (Å²) in [4.78, 5) is 12.2. The van der Waals surface area contributed by atoms with Crippen molar-refractivity contribution in [2.75, 3.05) is 6.61 Å². The first-order valence-corrected chi connectivity index (χ1v) is 7.35. The highest BCUT2D eigenvalue weighted by atomic mass is 35.5. The van der Waals surface area contributed by atoms with E-state index in [0.717, 1.165) is 24.2 Å². The van der Waals surface area contributed by atoms with E-state index in [2.05, 4.69) is 19.2 Å². The average Bonchev–Trinajstić information content (AvgIpc) is 2.61. The maximum Gasteiger partial charge on any atom is 0.237 e. The summed E-state index contributed by atoms with van der Waals surface area (Å²) in [7, 11) is 0. The molecule has 1 aliphatic heterocycles. The molecule has 5 heteroatoms. The molecule has 2 rings (SSSR count). The van der Waals surface area contributed by atoms with Crippen LogP contribution in [0.5, 0.6) is 5.75 Å². The van der Waals surface area contributed by atoms with Crippen molar-refractivity contribution in [3.63, 3.8) is 0 Å². The molecule has 2 atom stereocenters. The molecule has 3 N–H and O–H groups in total. The number of nitrogens with two attached hydrogens (primary N) is 1. The van der Waals surface area contributed by atoms with Gasteiger partial charge in [0, 0.05) is 5.56 Å². The maximum absolute atomic E-state index is 12.2. The van der Waals surface area contributed by atoms with Gasteiger partial charge in [-0.1, -0.05) is 32.0 Å². The first-order valence-electron chi connectivity index (χ1n) is 7.35. The second-order valence-electron chi connectivity index (χ2n) is 5.83. The largest absolute Gasteiger partial charge is 0.493 e. The number of ether oxygens (including phenoxy) is 1. The Balaban J connectivity index is 0.00000220. The number of rotatable bonds is 4. The number of amides is 1. The smallest absolute Gasteiger partial charge is 0.237 e. The summed E-state index contributed by atoms with van der Waals surface area (Å²) < 4.78 is 5.70. The summed E-state index contributed by atoms with van der Waals surface area (Å²) in [5.74, 6) is 1.22. The average molecular weight is 313 g/mol. The molecule has 0 bridgehead atoms. The molecule has 0 spiro atoms. The van der Waals surface area contributed by atoms with Crippen LogP contribution in [0.1, 0.15) is 44.7 Å². The van der Waals surface area contributed by atoms with Crippen molar-refractivity contribution in [2.24, 2.45) is 11.7 Å². The first kappa shape index (κ1) is 17.8. The molecule has 1 amide bonds. The van der Waals surface area contributed by atoms with Crippen LogP contribution >= 0.6 is 12.4 Å². The molecular formula is C16H25ClN2O2. The summed E-state index contributed by atoms with van der Waals surface area (Å²) in [5.41, 5.74) is 7.00. The second-order valence-corrected chi connectivity index (χ2v) is 5.83.